The summed E-state index contributed by atoms with van der Waals surface area (Å²) >= 11 is 0. The zero-order chi connectivity index (χ0) is 15.0. The van der Waals surface area contributed by atoms with E-state index < -0.39 is 22.7 Å². The Morgan fingerprint density at radius 3 is 2.80 bits per heavy atom. The van der Waals surface area contributed by atoms with Gasteiger partial charge in [0.2, 0.25) is 10.0 Å². The van der Waals surface area contributed by atoms with Crippen LogP contribution in [-0.2, 0) is 16.6 Å². The van der Waals surface area contributed by atoms with E-state index in [0.29, 0.717) is 17.6 Å². The van der Waals surface area contributed by atoms with E-state index in [0.717, 1.165) is 18.9 Å². The summed E-state index contributed by atoms with van der Waals surface area (Å²) in [6, 6.07) is -0.189. The van der Waals surface area contributed by atoms with Crippen LogP contribution in [0.1, 0.15) is 6.42 Å². The smallest absolute Gasteiger partial charge is 0.315 e. The van der Waals surface area contributed by atoms with Gasteiger partial charge in [0, 0.05) is 25.8 Å². The molecule has 0 aliphatic carbocycles. The maximum absolute atomic E-state index is 12.3. The molecule has 2 heterocycles. The van der Waals surface area contributed by atoms with Crippen LogP contribution in [0.5, 0.6) is 0 Å². The average Bonchev–Trinajstić information content (AvgIpc) is 2.95. The maximum atomic E-state index is 12.3. The van der Waals surface area contributed by atoms with E-state index in [4.69, 9.17) is 0 Å². The van der Waals surface area contributed by atoms with Crippen molar-refractivity contribution in [2.24, 2.45) is 0 Å². The molecule has 1 unspecified atom stereocenters. The van der Waals surface area contributed by atoms with Crippen molar-refractivity contribution < 1.29 is 21.6 Å². The first-order valence-corrected chi connectivity index (χ1v) is 7.42. The van der Waals surface area contributed by atoms with E-state index >= 15 is 0 Å². The third-order valence-corrected chi connectivity index (χ3v) is 5.04. The SMILES string of the molecule is CN(C1CCNC1)S(=O)(=O)c1cnn(CC(F)(F)F)c1. The monoisotopic (exact) mass is 312 g/mol. The number of aromatic nitrogens is 2. The summed E-state index contributed by atoms with van der Waals surface area (Å²) < 4.78 is 63.0. The van der Waals surface area contributed by atoms with Gasteiger partial charge in [-0.25, -0.2) is 8.42 Å². The molecule has 1 aliphatic rings. The molecule has 0 amide bonds. The number of nitrogens with one attached hydrogen (secondary N) is 1. The normalized spacial score (nSPS) is 20.8. The van der Waals surface area contributed by atoms with Crippen LogP contribution in [0.25, 0.3) is 0 Å². The molecule has 0 spiro atoms. The highest BCUT2D eigenvalue weighted by molar-refractivity contribution is 7.89. The van der Waals surface area contributed by atoms with Gasteiger partial charge in [-0.05, 0) is 13.0 Å². The molecule has 2 rings (SSSR count). The lowest BCUT2D eigenvalue weighted by molar-refractivity contribution is -0.142. The fraction of sp³-hybridized carbons (Fsp3) is 0.700. The largest absolute Gasteiger partial charge is 0.408 e. The Hall–Kier alpha value is -1.13. The number of rotatable bonds is 4. The van der Waals surface area contributed by atoms with Crippen LogP contribution < -0.4 is 5.32 Å². The van der Waals surface area contributed by atoms with Crippen LogP contribution in [-0.4, -0.2) is 54.9 Å². The van der Waals surface area contributed by atoms with Crippen molar-refractivity contribution in [1.82, 2.24) is 19.4 Å². The van der Waals surface area contributed by atoms with Crippen molar-refractivity contribution in [3.8, 4) is 0 Å². The minimum atomic E-state index is -4.44. The van der Waals surface area contributed by atoms with Gasteiger partial charge < -0.3 is 5.32 Å². The van der Waals surface area contributed by atoms with Gasteiger partial charge in [0.1, 0.15) is 11.4 Å². The number of alkyl halides is 3. The number of halogens is 3. The van der Waals surface area contributed by atoms with Gasteiger partial charge in [0.05, 0.1) is 6.20 Å². The molecule has 1 aliphatic heterocycles. The molecule has 20 heavy (non-hydrogen) atoms. The summed E-state index contributed by atoms with van der Waals surface area (Å²) in [5.74, 6) is 0. The number of sulfonamides is 1. The molecule has 10 heteroatoms. The number of likely N-dealkylation sites (N-methyl/N-ethyl adjacent to an activating group) is 1. The molecule has 1 saturated heterocycles. The molecule has 6 nitrogen and oxygen atoms in total. The highest BCUT2D eigenvalue weighted by atomic mass is 32.2. The Morgan fingerprint density at radius 2 is 2.25 bits per heavy atom. The van der Waals surface area contributed by atoms with Crippen LogP contribution in [0.2, 0.25) is 0 Å². The molecule has 1 aromatic heterocycles. The van der Waals surface area contributed by atoms with Gasteiger partial charge in [-0.2, -0.15) is 22.6 Å². The zero-order valence-electron chi connectivity index (χ0n) is 10.8. The fourth-order valence-electron chi connectivity index (χ4n) is 2.06. The minimum Gasteiger partial charge on any atom is -0.315 e. The van der Waals surface area contributed by atoms with Gasteiger partial charge in [0.15, 0.2) is 0 Å². The van der Waals surface area contributed by atoms with Crippen molar-refractivity contribution in [2.45, 2.75) is 30.1 Å². The quantitative estimate of drug-likeness (QED) is 0.875. The summed E-state index contributed by atoms with van der Waals surface area (Å²) in [5, 5.41) is 6.49. The molecule has 1 N–H and O–H groups in total. The summed E-state index contributed by atoms with van der Waals surface area (Å²) in [6.45, 7) is -0.0541. The van der Waals surface area contributed by atoms with E-state index in [1.54, 1.807) is 0 Å². The second kappa shape index (κ2) is 5.34. The fourth-order valence-corrected chi connectivity index (χ4v) is 3.40. The van der Waals surface area contributed by atoms with Gasteiger partial charge in [0.25, 0.3) is 0 Å². The average molecular weight is 312 g/mol. The number of hydrogen-bond donors (Lipinski definition) is 1. The lowest BCUT2D eigenvalue weighted by atomic mass is 10.3. The number of hydrogen-bond acceptors (Lipinski definition) is 4. The van der Waals surface area contributed by atoms with Crippen molar-refractivity contribution >= 4 is 10.0 Å². The first-order chi connectivity index (χ1) is 9.20. The van der Waals surface area contributed by atoms with Crippen LogP contribution in [0, 0.1) is 0 Å². The van der Waals surface area contributed by atoms with Crippen LogP contribution in [0.15, 0.2) is 17.3 Å². The standard InChI is InChI=1S/C10H15F3N4O2S/c1-16(8-2-3-14-4-8)20(18,19)9-5-15-17(6-9)7-10(11,12)13/h5-6,8,14H,2-4,7H2,1H3. The lowest BCUT2D eigenvalue weighted by Gasteiger charge is -2.22. The van der Waals surface area contributed by atoms with Crippen molar-refractivity contribution in [2.75, 3.05) is 20.1 Å². The molecule has 1 aromatic rings. The van der Waals surface area contributed by atoms with Crippen molar-refractivity contribution in [3.63, 3.8) is 0 Å². The molecule has 0 radical (unpaired) electrons. The third kappa shape index (κ3) is 3.30. The molecule has 1 atom stereocenters. The minimum absolute atomic E-state index is 0.189. The molecular weight excluding hydrogens is 297 g/mol. The van der Waals surface area contributed by atoms with E-state index in [1.807, 2.05) is 0 Å². The van der Waals surface area contributed by atoms with Crippen LogP contribution in [0.4, 0.5) is 13.2 Å². The molecule has 0 bridgehead atoms. The van der Waals surface area contributed by atoms with Gasteiger partial charge in [-0.15, -0.1) is 0 Å². The number of nitrogens with zero attached hydrogens (tertiary/aromatic N) is 3. The summed E-state index contributed by atoms with van der Waals surface area (Å²) in [5.41, 5.74) is 0. The second-order valence-electron chi connectivity index (χ2n) is 4.66. The summed E-state index contributed by atoms with van der Waals surface area (Å²) in [6.07, 6.45) is -1.91. The first-order valence-electron chi connectivity index (χ1n) is 5.98. The molecule has 0 saturated carbocycles. The van der Waals surface area contributed by atoms with Crippen LogP contribution in [0.3, 0.4) is 0 Å². The van der Waals surface area contributed by atoms with E-state index in [1.165, 1.54) is 11.4 Å². The van der Waals surface area contributed by atoms with E-state index in [9.17, 15) is 21.6 Å². The Bertz CT molecular complexity index is 563. The molecule has 0 aromatic carbocycles. The Kier molecular flexibility index (Phi) is 4.07. The maximum Gasteiger partial charge on any atom is 0.408 e. The third-order valence-electron chi connectivity index (χ3n) is 3.18. The first kappa shape index (κ1) is 15.3. The summed E-state index contributed by atoms with van der Waals surface area (Å²) in [4.78, 5) is -0.226. The predicted octanol–water partition coefficient (Wildman–Crippen LogP) is 0.428. The van der Waals surface area contributed by atoms with Crippen molar-refractivity contribution in [1.29, 1.82) is 0 Å². The van der Waals surface area contributed by atoms with Crippen molar-refractivity contribution in [3.05, 3.63) is 12.4 Å². The topological polar surface area (TPSA) is 67.2 Å². The van der Waals surface area contributed by atoms with E-state index in [-0.39, 0.29) is 10.9 Å². The molecule has 1 fully saturated rings. The Morgan fingerprint density at radius 1 is 1.55 bits per heavy atom. The second-order valence-corrected chi connectivity index (χ2v) is 6.65. The van der Waals surface area contributed by atoms with Gasteiger partial charge in [-0.3, -0.25) is 4.68 Å². The van der Waals surface area contributed by atoms with Gasteiger partial charge >= 0.3 is 6.18 Å². The predicted molar refractivity (Wildman–Crippen MR) is 64.5 cm³/mol. The zero-order valence-corrected chi connectivity index (χ0v) is 11.6. The highest BCUT2D eigenvalue weighted by Gasteiger charge is 2.32. The molecule has 114 valence electrons. The Balaban J connectivity index is 2.17. The lowest BCUT2D eigenvalue weighted by Crippen LogP contribution is -2.38. The summed E-state index contributed by atoms with van der Waals surface area (Å²) in [7, 11) is -2.39. The molecular formula is C10H15F3N4O2S. The highest BCUT2D eigenvalue weighted by Crippen LogP contribution is 2.21. The van der Waals surface area contributed by atoms with Gasteiger partial charge in [-0.1, -0.05) is 0 Å². The Labute approximate surface area is 114 Å². The van der Waals surface area contributed by atoms with Crippen LogP contribution >= 0.6 is 0 Å². The van der Waals surface area contributed by atoms with E-state index in [2.05, 4.69) is 10.4 Å².